The standard InChI is InChI=1S/C20H19Cl2N3O3/c1-2-3-17-23-15-6-7-25(9-13(15)19(26)24-17)10-14-18(22)12-8-11(21)4-5-16(12)28-20(14)27/h4-5,8H,2-3,6-7,9-10H2,1H3,(H,23,24,26). The van der Waals surface area contributed by atoms with Crippen LogP contribution in [-0.2, 0) is 25.9 Å². The van der Waals surface area contributed by atoms with Gasteiger partial charge in [-0.3, -0.25) is 9.69 Å². The van der Waals surface area contributed by atoms with Crippen molar-refractivity contribution in [3.8, 4) is 0 Å². The summed E-state index contributed by atoms with van der Waals surface area (Å²) in [4.78, 5) is 34.4. The Balaban J connectivity index is 1.65. The van der Waals surface area contributed by atoms with E-state index in [-0.39, 0.29) is 5.56 Å². The van der Waals surface area contributed by atoms with Crippen molar-refractivity contribution in [1.82, 2.24) is 14.9 Å². The average molecular weight is 420 g/mol. The number of H-pyrrole nitrogens is 1. The Bertz CT molecular complexity index is 1170. The summed E-state index contributed by atoms with van der Waals surface area (Å²) < 4.78 is 5.40. The molecule has 0 saturated carbocycles. The fourth-order valence-electron chi connectivity index (χ4n) is 3.56. The second kappa shape index (κ2) is 7.70. The second-order valence-electron chi connectivity index (χ2n) is 6.97. The number of benzene rings is 1. The van der Waals surface area contributed by atoms with Crippen LogP contribution < -0.4 is 11.2 Å². The van der Waals surface area contributed by atoms with E-state index in [1.807, 2.05) is 11.8 Å². The van der Waals surface area contributed by atoms with Crippen LogP contribution in [0.3, 0.4) is 0 Å². The van der Waals surface area contributed by atoms with Crippen LogP contribution in [0.2, 0.25) is 10.0 Å². The molecule has 1 aliphatic heterocycles. The minimum atomic E-state index is -0.476. The number of nitrogens with zero attached hydrogens (tertiary/aromatic N) is 2. The number of hydrogen-bond donors (Lipinski definition) is 1. The Labute approximate surface area is 171 Å². The van der Waals surface area contributed by atoms with Gasteiger partial charge in [-0.2, -0.15) is 0 Å². The lowest BCUT2D eigenvalue weighted by Gasteiger charge is -2.27. The number of aryl methyl sites for hydroxylation is 1. The number of halogens is 2. The second-order valence-corrected chi connectivity index (χ2v) is 7.79. The van der Waals surface area contributed by atoms with Gasteiger partial charge in [-0.15, -0.1) is 0 Å². The van der Waals surface area contributed by atoms with Crippen molar-refractivity contribution < 1.29 is 4.42 Å². The molecular weight excluding hydrogens is 401 g/mol. The van der Waals surface area contributed by atoms with Crippen molar-refractivity contribution >= 4 is 34.2 Å². The van der Waals surface area contributed by atoms with Crippen molar-refractivity contribution in [2.24, 2.45) is 0 Å². The van der Waals surface area contributed by atoms with Crippen LogP contribution >= 0.6 is 23.2 Å². The lowest BCUT2D eigenvalue weighted by Crippen LogP contribution is -2.36. The SMILES string of the molecule is CCCc1nc2c(c(=O)[nH]1)CN(Cc1c(Cl)c3cc(Cl)ccc3oc1=O)CC2. The van der Waals surface area contributed by atoms with Gasteiger partial charge in [0, 0.05) is 42.9 Å². The highest BCUT2D eigenvalue weighted by atomic mass is 35.5. The predicted molar refractivity (Wildman–Crippen MR) is 109 cm³/mol. The quantitative estimate of drug-likeness (QED) is 0.652. The third-order valence-corrected chi connectivity index (χ3v) is 5.62. The van der Waals surface area contributed by atoms with Gasteiger partial charge in [0.05, 0.1) is 21.8 Å². The molecule has 3 heterocycles. The molecule has 6 nitrogen and oxygen atoms in total. The Hall–Kier alpha value is -2.15. The van der Waals surface area contributed by atoms with E-state index in [2.05, 4.69) is 9.97 Å². The maximum Gasteiger partial charge on any atom is 0.342 e. The van der Waals surface area contributed by atoms with Crippen LogP contribution in [0.1, 0.15) is 36.0 Å². The molecule has 3 aromatic rings. The first kappa shape index (κ1) is 19.2. The summed E-state index contributed by atoms with van der Waals surface area (Å²) in [6, 6.07) is 4.96. The molecule has 4 rings (SSSR count). The van der Waals surface area contributed by atoms with E-state index < -0.39 is 5.63 Å². The van der Waals surface area contributed by atoms with Gasteiger partial charge in [0.25, 0.3) is 5.56 Å². The smallest absolute Gasteiger partial charge is 0.342 e. The number of aromatic amines is 1. The number of fused-ring (bicyclic) bond motifs is 2. The van der Waals surface area contributed by atoms with E-state index in [1.54, 1.807) is 18.2 Å². The molecule has 28 heavy (non-hydrogen) atoms. The molecule has 0 aliphatic carbocycles. The summed E-state index contributed by atoms with van der Waals surface area (Å²) in [5.74, 6) is 0.731. The van der Waals surface area contributed by atoms with Crippen molar-refractivity contribution in [2.45, 2.75) is 39.3 Å². The maximum atomic E-state index is 12.5. The molecule has 0 spiro atoms. The Morgan fingerprint density at radius 2 is 2.11 bits per heavy atom. The van der Waals surface area contributed by atoms with Crippen molar-refractivity contribution in [1.29, 1.82) is 0 Å². The molecular formula is C20H19Cl2N3O3. The van der Waals surface area contributed by atoms with Crippen LogP contribution in [0.15, 0.2) is 32.2 Å². The Morgan fingerprint density at radius 1 is 1.29 bits per heavy atom. The first-order valence-corrected chi connectivity index (χ1v) is 9.96. The van der Waals surface area contributed by atoms with Gasteiger partial charge in [0.2, 0.25) is 0 Å². The number of nitrogens with one attached hydrogen (secondary N) is 1. The lowest BCUT2D eigenvalue weighted by atomic mass is 10.1. The molecule has 8 heteroatoms. The number of aromatic nitrogens is 2. The van der Waals surface area contributed by atoms with Crippen LogP contribution in [0.4, 0.5) is 0 Å². The normalized spacial score (nSPS) is 14.4. The largest absolute Gasteiger partial charge is 0.422 e. The maximum absolute atomic E-state index is 12.5. The number of hydrogen-bond acceptors (Lipinski definition) is 5. The summed E-state index contributed by atoms with van der Waals surface area (Å²) in [6.45, 7) is 3.43. The highest BCUT2D eigenvalue weighted by Crippen LogP contribution is 2.29. The van der Waals surface area contributed by atoms with E-state index in [1.165, 1.54) is 0 Å². The Morgan fingerprint density at radius 3 is 2.89 bits per heavy atom. The molecule has 0 bridgehead atoms. The van der Waals surface area contributed by atoms with Crippen molar-refractivity contribution in [3.05, 3.63) is 71.7 Å². The zero-order valence-corrected chi connectivity index (χ0v) is 16.9. The molecule has 0 unspecified atom stereocenters. The summed E-state index contributed by atoms with van der Waals surface area (Å²) in [7, 11) is 0. The molecule has 0 radical (unpaired) electrons. The third-order valence-electron chi connectivity index (χ3n) is 4.96. The zero-order valence-electron chi connectivity index (χ0n) is 15.3. The molecule has 146 valence electrons. The first-order chi connectivity index (χ1) is 13.5. The summed E-state index contributed by atoms with van der Waals surface area (Å²) in [5.41, 5.74) is 1.67. The average Bonchev–Trinajstić information content (AvgIpc) is 2.66. The van der Waals surface area contributed by atoms with Crippen molar-refractivity contribution in [3.63, 3.8) is 0 Å². The fraction of sp³-hybridized carbons (Fsp3) is 0.350. The van der Waals surface area contributed by atoms with Gasteiger partial charge in [-0.1, -0.05) is 30.1 Å². The summed E-state index contributed by atoms with van der Waals surface area (Å²) >= 11 is 12.5. The third kappa shape index (κ3) is 3.60. The topological polar surface area (TPSA) is 79.2 Å². The van der Waals surface area contributed by atoms with E-state index in [9.17, 15) is 9.59 Å². The summed E-state index contributed by atoms with van der Waals surface area (Å²) in [5, 5.41) is 1.45. The molecule has 2 aromatic heterocycles. The van der Waals surface area contributed by atoms with Crippen molar-refractivity contribution in [2.75, 3.05) is 6.54 Å². The van der Waals surface area contributed by atoms with Gasteiger partial charge in [0.15, 0.2) is 0 Å². The predicted octanol–water partition coefficient (Wildman–Crippen LogP) is 3.69. The highest BCUT2D eigenvalue weighted by Gasteiger charge is 2.24. The minimum Gasteiger partial charge on any atom is -0.422 e. The monoisotopic (exact) mass is 419 g/mol. The van der Waals surface area contributed by atoms with Gasteiger partial charge in [-0.05, 0) is 24.6 Å². The van der Waals surface area contributed by atoms with Gasteiger partial charge in [-0.25, -0.2) is 9.78 Å². The van der Waals surface area contributed by atoms with E-state index >= 15 is 0 Å². The van der Waals surface area contributed by atoms with E-state index in [4.69, 9.17) is 27.6 Å². The minimum absolute atomic E-state index is 0.110. The fourth-order valence-corrected chi connectivity index (χ4v) is 4.01. The van der Waals surface area contributed by atoms with Gasteiger partial charge < -0.3 is 9.40 Å². The first-order valence-electron chi connectivity index (χ1n) is 9.20. The summed E-state index contributed by atoms with van der Waals surface area (Å²) in [6.07, 6.45) is 2.33. The van der Waals surface area contributed by atoms with Crippen LogP contribution in [0, 0.1) is 0 Å². The highest BCUT2D eigenvalue weighted by molar-refractivity contribution is 6.37. The van der Waals surface area contributed by atoms with Gasteiger partial charge >= 0.3 is 5.63 Å². The molecule has 0 saturated heterocycles. The van der Waals surface area contributed by atoms with E-state index in [0.717, 1.165) is 24.4 Å². The van der Waals surface area contributed by atoms with Gasteiger partial charge in [0.1, 0.15) is 11.4 Å². The zero-order chi connectivity index (χ0) is 19.8. The molecule has 0 fully saturated rings. The number of rotatable bonds is 4. The molecule has 1 N–H and O–H groups in total. The van der Waals surface area contributed by atoms with Crippen LogP contribution in [0.5, 0.6) is 0 Å². The molecule has 1 aromatic carbocycles. The van der Waals surface area contributed by atoms with Crippen LogP contribution in [-0.4, -0.2) is 21.4 Å². The van der Waals surface area contributed by atoms with E-state index in [0.29, 0.717) is 58.2 Å². The molecule has 0 amide bonds. The molecule has 1 aliphatic rings. The lowest BCUT2D eigenvalue weighted by molar-refractivity contribution is 0.238. The Kier molecular flexibility index (Phi) is 5.27. The van der Waals surface area contributed by atoms with Crippen LogP contribution in [0.25, 0.3) is 11.0 Å². The molecule has 0 atom stereocenters.